The van der Waals surface area contributed by atoms with Crippen molar-refractivity contribution in [2.24, 2.45) is 0 Å². The minimum Gasteiger partial charge on any atom is -0.351 e. The van der Waals surface area contributed by atoms with Crippen molar-refractivity contribution < 1.29 is 4.79 Å². The topological polar surface area (TPSA) is 61.1 Å². The summed E-state index contributed by atoms with van der Waals surface area (Å²) in [6.07, 6.45) is 2.56. The summed E-state index contributed by atoms with van der Waals surface area (Å²) in [6.45, 7) is 6.38. The zero-order valence-electron chi connectivity index (χ0n) is 15.5. The molecule has 0 aliphatic carbocycles. The number of hydrogen-bond acceptors (Lipinski definition) is 3. The Morgan fingerprint density at radius 2 is 2.08 bits per heavy atom. The number of aromatic nitrogens is 1. The molecule has 0 saturated carbocycles. The van der Waals surface area contributed by atoms with Crippen LogP contribution in [0.2, 0.25) is 0 Å². The fourth-order valence-electron chi connectivity index (χ4n) is 2.85. The van der Waals surface area contributed by atoms with Gasteiger partial charge in [0.05, 0.1) is 0 Å². The number of likely N-dealkylation sites (N-methyl/N-ethyl adjacent to an activating group) is 1. The zero-order chi connectivity index (χ0) is 18.4. The molecule has 5 nitrogen and oxygen atoms in total. The lowest BCUT2D eigenvalue weighted by Crippen LogP contribution is -2.25. The van der Waals surface area contributed by atoms with Crippen molar-refractivity contribution in [3.8, 4) is 6.07 Å². The molecular formula is C20H26N4O. The van der Waals surface area contributed by atoms with Gasteiger partial charge < -0.3 is 14.8 Å². The van der Waals surface area contributed by atoms with E-state index < -0.39 is 0 Å². The molecule has 132 valence electrons. The predicted octanol–water partition coefficient (Wildman–Crippen LogP) is 2.94. The molecule has 0 unspecified atom stereocenters. The highest BCUT2D eigenvalue weighted by Crippen LogP contribution is 2.28. The minimum absolute atomic E-state index is 0.145. The molecule has 1 N–H and O–H groups in total. The number of para-hydroxylation sites is 1. The summed E-state index contributed by atoms with van der Waals surface area (Å²) < 4.78 is 2.25. The van der Waals surface area contributed by atoms with E-state index in [4.69, 9.17) is 0 Å². The Hall–Kier alpha value is -2.58. The Labute approximate surface area is 149 Å². The normalized spacial score (nSPS) is 11.8. The van der Waals surface area contributed by atoms with Crippen molar-refractivity contribution >= 4 is 22.9 Å². The van der Waals surface area contributed by atoms with Crippen LogP contribution in [-0.4, -0.2) is 42.6 Å². The van der Waals surface area contributed by atoms with Gasteiger partial charge in [-0.05, 0) is 39.6 Å². The molecule has 1 amide bonds. The maximum Gasteiger partial charge on any atom is 0.261 e. The number of rotatable bonds is 7. The van der Waals surface area contributed by atoms with Gasteiger partial charge in [0.1, 0.15) is 11.6 Å². The number of nitriles is 1. The van der Waals surface area contributed by atoms with Gasteiger partial charge in [-0.15, -0.1) is 0 Å². The summed E-state index contributed by atoms with van der Waals surface area (Å²) in [6, 6.07) is 10.2. The largest absolute Gasteiger partial charge is 0.351 e. The first-order chi connectivity index (χ1) is 12.0. The van der Waals surface area contributed by atoms with E-state index in [1.165, 1.54) is 0 Å². The van der Waals surface area contributed by atoms with E-state index in [2.05, 4.69) is 20.9 Å². The Morgan fingerprint density at radius 1 is 1.36 bits per heavy atom. The van der Waals surface area contributed by atoms with Gasteiger partial charge in [-0.3, -0.25) is 4.79 Å². The fraction of sp³-hybridized carbons (Fsp3) is 0.400. The summed E-state index contributed by atoms with van der Waals surface area (Å²) in [7, 11) is 4.10. The molecule has 0 aliphatic rings. The van der Waals surface area contributed by atoms with Gasteiger partial charge >= 0.3 is 0 Å². The van der Waals surface area contributed by atoms with E-state index in [1.807, 2.05) is 52.2 Å². The molecule has 0 radical (unpaired) electrons. The molecule has 1 aromatic heterocycles. The van der Waals surface area contributed by atoms with Crippen molar-refractivity contribution in [3.05, 3.63) is 41.1 Å². The number of amides is 1. The van der Waals surface area contributed by atoms with E-state index >= 15 is 0 Å². The lowest BCUT2D eigenvalue weighted by Gasteiger charge is -2.13. The summed E-state index contributed by atoms with van der Waals surface area (Å²) in [5.41, 5.74) is 3.28. The van der Waals surface area contributed by atoms with Crippen LogP contribution in [0.4, 0.5) is 0 Å². The third kappa shape index (κ3) is 4.28. The lowest BCUT2D eigenvalue weighted by molar-refractivity contribution is -0.117. The first-order valence-electron chi connectivity index (χ1n) is 8.62. The monoisotopic (exact) mass is 338 g/mol. The summed E-state index contributed by atoms with van der Waals surface area (Å²) in [5.74, 6) is -0.311. The van der Waals surface area contributed by atoms with E-state index in [0.717, 1.165) is 41.7 Å². The Balaban J connectivity index is 2.50. The highest BCUT2D eigenvalue weighted by Gasteiger charge is 2.15. The van der Waals surface area contributed by atoms with Crippen LogP contribution >= 0.6 is 0 Å². The number of nitrogens with one attached hydrogen (secondary N) is 1. The summed E-state index contributed by atoms with van der Waals surface area (Å²) in [5, 5.41) is 13.2. The van der Waals surface area contributed by atoms with Gasteiger partial charge in [0, 0.05) is 41.8 Å². The molecule has 0 fully saturated rings. The minimum atomic E-state index is -0.311. The van der Waals surface area contributed by atoms with Gasteiger partial charge in [0.2, 0.25) is 0 Å². The van der Waals surface area contributed by atoms with Crippen molar-refractivity contribution in [1.82, 2.24) is 14.8 Å². The number of benzene rings is 1. The molecule has 1 heterocycles. The third-order valence-corrected chi connectivity index (χ3v) is 4.24. The molecule has 0 aliphatic heterocycles. The number of hydrogen-bond donors (Lipinski definition) is 1. The molecule has 1 aromatic carbocycles. The van der Waals surface area contributed by atoms with Gasteiger partial charge in [-0.25, -0.2) is 0 Å². The van der Waals surface area contributed by atoms with Crippen molar-refractivity contribution in [1.29, 1.82) is 5.26 Å². The first-order valence-corrected chi connectivity index (χ1v) is 8.62. The van der Waals surface area contributed by atoms with Crippen LogP contribution < -0.4 is 5.32 Å². The molecule has 2 rings (SSSR count). The molecule has 5 heteroatoms. The average Bonchev–Trinajstić information content (AvgIpc) is 2.87. The van der Waals surface area contributed by atoms with Crippen molar-refractivity contribution in [2.75, 3.05) is 27.2 Å². The SMILES string of the molecule is CCCNC(=O)/C(C#N)=C/c1c(C)n(CCN(C)C)c2ccccc12. The van der Waals surface area contributed by atoms with Gasteiger partial charge in [0.25, 0.3) is 5.91 Å². The van der Waals surface area contributed by atoms with Gasteiger partial charge in [-0.2, -0.15) is 5.26 Å². The molecule has 25 heavy (non-hydrogen) atoms. The standard InChI is InChI=1S/C20H26N4O/c1-5-10-22-20(25)16(14-21)13-18-15(2)24(12-11-23(3)4)19-9-7-6-8-17(18)19/h6-9,13H,5,10-12H2,1-4H3,(H,22,25)/b16-13+. The van der Waals surface area contributed by atoms with Crippen LogP contribution in [0.5, 0.6) is 0 Å². The molecular weight excluding hydrogens is 312 g/mol. The fourth-order valence-corrected chi connectivity index (χ4v) is 2.85. The Kier molecular flexibility index (Phi) is 6.37. The summed E-state index contributed by atoms with van der Waals surface area (Å²) >= 11 is 0. The number of carbonyl (C=O) groups is 1. The highest BCUT2D eigenvalue weighted by molar-refractivity contribution is 6.04. The smallest absolute Gasteiger partial charge is 0.261 e. The average molecular weight is 338 g/mol. The Bertz CT molecular complexity index is 824. The lowest BCUT2D eigenvalue weighted by atomic mass is 10.1. The highest BCUT2D eigenvalue weighted by atomic mass is 16.1. The third-order valence-electron chi connectivity index (χ3n) is 4.24. The second-order valence-electron chi connectivity index (χ2n) is 6.40. The molecule has 0 saturated heterocycles. The van der Waals surface area contributed by atoms with Crippen LogP contribution in [0.25, 0.3) is 17.0 Å². The van der Waals surface area contributed by atoms with E-state index in [-0.39, 0.29) is 11.5 Å². The van der Waals surface area contributed by atoms with Crippen molar-refractivity contribution in [3.63, 3.8) is 0 Å². The summed E-state index contributed by atoms with van der Waals surface area (Å²) in [4.78, 5) is 14.3. The van der Waals surface area contributed by atoms with Crippen LogP contribution in [-0.2, 0) is 11.3 Å². The maximum atomic E-state index is 12.2. The molecule has 2 aromatic rings. The van der Waals surface area contributed by atoms with Crippen LogP contribution in [0.1, 0.15) is 24.6 Å². The van der Waals surface area contributed by atoms with Gasteiger partial charge in [-0.1, -0.05) is 25.1 Å². The number of carbonyl (C=O) groups excluding carboxylic acids is 1. The number of fused-ring (bicyclic) bond motifs is 1. The molecule has 0 spiro atoms. The quantitative estimate of drug-likeness (QED) is 0.624. The van der Waals surface area contributed by atoms with E-state index in [9.17, 15) is 10.1 Å². The second-order valence-corrected chi connectivity index (χ2v) is 6.40. The predicted molar refractivity (Wildman–Crippen MR) is 102 cm³/mol. The molecule has 0 atom stereocenters. The Morgan fingerprint density at radius 3 is 2.72 bits per heavy atom. The van der Waals surface area contributed by atoms with E-state index in [1.54, 1.807) is 6.08 Å². The van der Waals surface area contributed by atoms with Crippen LogP contribution in [0, 0.1) is 18.3 Å². The van der Waals surface area contributed by atoms with Crippen molar-refractivity contribution in [2.45, 2.75) is 26.8 Å². The zero-order valence-corrected chi connectivity index (χ0v) is 15.5. The van der Waals surface area contributed by atoms with E-state index in [0.29, 0.717) is 6.54 Å². The number of nitrogens with zero attached hydrogens (tertiary/aromatic N) is 3. The van der Waals surface area contributed by atoms with Crippen LogP contribution in [0.3, 0.4) is 0 Å². The first kappa shape index (κ1) is 18.8. The van der Waals surface area contributed by atoms with Gasteiger partial charge in [0.15, 0.2) is 0 Å². The second kappa shape index (κ2) is 8.50. The molecule has 0 bridgehead atoms. The van der Waals surface area contributed by atoms with Crippen LogP contribution in [0.15, 0.2) is 29.8 Å². The maximum absolute atomic E-state index is 12.2.